The fraction of sp³-hybridized carbons (Fsp3) is 0.526. The third-order valence-electron chi connectivity index (χ3n) is 4.72. The lowest BCUT2D eigenvalue weighted by Gasteiger charge is -2.33. The van der Waals surface area contributed by atoms with E-state index in [4.69, 9.17) is 9.63 Å². The molecule has 1 N–H and O–H groups in total. The Kier molecular flexibility index (Phi) is 6.35. The maximum atomic E-state index is 10.5. The third kappa shape index (κ3) is 5.37. The summed E-state index contributed by atoms with van der Waals surface area (Å²) in [6, 6.07) is 8.10. The van der Waals surface area contributed by atoms with Crippen molar-refractivity contribution in [2.24, 2.45) is 0 Å². The number of unbranched alkanes of at least 4 members (excludes halogenated alkanes) is 1. The van der Waals surface area contributed by atoms with Crippen molar-refractivity contribution in [3.8, 4) is 11.4 Å². The van der Waals surface area contributed by atoms with Gasteiger partial charge in [-0.05, 0) is 26.3 Å². The molecule has 0 atom stereocenters. The predicted molar refractivity (Wildman–Crippen MR) is 97.7 cm³/mol. The fourth-order valence-electron chi connectivity index (χ4n) is 3.11. The van der Waals surface area contributed by atoms with Gasteiger partial charge >= 0.3 is 5.97 Å². The highest BCUT2D eigenvalue weighted by molar-refractivity contribution is 5.66. The summed E-state index contributed by atoms with van der Waals surface area (Å²) in [5, 5.41) is 12.8. The molecule has 140 valence electrons. The van der Waals surface area contributed by atoms with Gasteiger partial charge in [0.15, 0.2) is 0 Å². The van der Waals surface area contributed by atoms with Gasteiger partial charge in [-0.25, -0.2) is 0 Å². The molecule has 2 aromatic rings. The van der Waals surface area contributed by atoms with Gasteiger partial charge in [0.25, 0.3) is 0 Å². The number of aromatic nitrogens is 2. The third-order valence-corrected chi connectivity index (χ3v) is 4.72. The number of rotatable bonds is 8. The lowest BCUT2D eigenvalue weighted by atomic mass is 10.1. The average molecular weight is 358 g/mol. The molecule has 0 unspecified atom stereocenters. The number of carbonyl (C=O) groups is 1. The molecule has 2 heterocycles. The summed E-state index contributed by atoms with van der Waals surface area (Å²) in [6.07, 6.45) is 1.95. The molecular weight excluding hydrogens is 332 g/mol. The van der Waals surface area contributed by atoms with E-state index < -0.39 is 5.97 Å². The van der Waals surface area contributed by atoms with Gasteiger partial charge in [-0.2, -0.15) is 4.98 Å². The van der Waals surface area contributed by atoms with Crippen LogP contribution in [0, 0.1) is 6.92 Å². The van der Waals surface area contributed by atoms with Crippen molar-refractivity contribution in [2.75, 3.05) is 32.7 Å². The molecule has 1 saturated heterocycles. The smallest absolute Gasteiger partial charge is 0.303 e. The van der Waals surface area contributed by atoms with Crippen LogP contribution in [0.4, 0.5) is 0 Å². The molecule has 1 aromatic carbocycles. The molecule has 0 amide bonds. The van der Waals surface area contributed by atoms with Gasteiger partial charge in [0.05, 0.1) is 6.54 Å². The summed E-state index contributed by atoms with van der Waals surface area (Å²) in [4.78, 5) is 19.8. The Hall–Kier alpha value is -2.25. The summed E-state index contributed by atoms with van der Waals surface area (Å²) < 4.78 is 5.41. The van der Waals surface area contributed by atoms with E-state index in [1.807, 2.05) is 24.3 Å². The number of hydrogen-bond acceptors (Lipinski definition) is 6. The van der Waals surface area contributed by atoms with E-state index in [0.717, 1.165) is 51.1 Å². The highest BCUT2D eigenvalue weighted by Crippen LogP contribution is 2.17. The summed E-state index contributed by atoms with van der Waals surface area (Å²) in [7, 11) is 0. The van der Waals surface area contributed by atoms with E-state index in [1.54, 1.807) is 0 Å². The van der Waals surface area contributed by atoms with Gasteiger partial charge in [0.2, 0.25) is 11.7 Å². The molecule has 1 aliphatic rings. The molecule has 1 aliphatic heterocycles. The van der Waals surface area contributed by atoms with Gasteiger partial charge < -0.3 is 14.5 Å². The second-order valence-corrected chi connectivity index (χ2v) is 6.85. The first-order valence-electron chi connectivity index (χ1n) is 9.16. The van der Waals surface area contributed by atoms with Crippen LogP contribution in [0.3, 0.4) is 0 Å². The van der Waals surface area contributed by atoms with Crippen LogP contribution in [-0.2, 0) is 11.3 Å². The zero-order valence-corrected chi connectivity index (χ0v) is 15.2. The van der Waals surface area contributed by atoms with Crippen LogP contribution in [0.2, 0.25) is 0 Å². The Morgan fingerprint density at radius 1 is 1.12 bits per heavy atom. The quantitative estimate of drug-likeness (QED) is 0.726. The van der Waals surface area contributed by atoms with Crippen molar-refractivity contribution in [3.63, 3.8) is 0 Å². The lowest BCUT2D eigenvalue weighted by Crippen LogP contribution is -2.46. The molecule has 0 spiro atoms. The number of aliphatic carboxylic acids is 1. The van der Waals surface area contributed by atoms with Gasteiger partial charge in [-0.3, -0.25) is 9.69 Å². The maximum absolute atomic E-state index is 10.5. The largest absolute Gasteiger partial charge is 0.481 e. The van der Waals surface area contributed by atoms with Crippen molar-refractivity contribution in [1.29, 1.82) is 0 Å². The van der Waals surface area contributed by atoms with Crippen molar-refractivity contribution in [1.82, 2.24) is 19.9 Å². The molecule has 0 bridgehead atoms. The van der Waals surface area contributed by atoms with E-state index in [0.29, 0.717) is 18.3 Å². The van der Waals surface area contributed by atoms with E-state index in [-0.39, 0.29) is 6.42 Å². The van der Waals surface area contributed by atoms with Crippen molar-refractivity contribution >= 4 is 5.97 Å². The molecule has 1 aromatic heterocycles. The first kappa shape index (κ1) is 18.5. The highest BCUT2D eigenvalue weighted by Gasteiger charge is 2.19. The van der Waals surface area contributed by atoms with Crippen LogP contribution in [-0.4, -0.2) is 63.7 Å². The van der Waals surface area contributed by atoms with Gasteiger partial charge in [-0.15, -0.1) is 0 Å². The zero-order valence-electron chi connectivity index (χ0n) is 15.2. The molecule has 7 nitrogen and oxygen atoms in total. The Morgan fingerprint density at radius 3 is 2.50 bits per heavy atom. The number of piperazine rings is 1. The normalized spacial score (nSPS) is 16.0. The number of nitrogens with zero attached hydrogens (tertiary/aromatic N) is 4. The monoisotopic (exact) mass is 358 g/mol. The molecule has 1 fully saturated rings. The Bertz CT molecular complexity index is 706. The van der Waals surface area contributed by atoms with Crippen LogP contribution in [0.25, 0.3) is 11.4 Å². The summed E-state index contributed by atoms with van der Waals surface area (Å²) >= 11 is 0. The maximum Gasteiger partial charge on any atom is 0.303 e. The minimum Gasteiger partial charge on any atom is -0.481 e. The van der Waals surface area contributed by atoms with Crippen LogP contribution in [0.15, 0.2) is 28.8 Å². The minimum atomic E-state index is -0.709. The lowest BCUT2D eigenvalue weighted by molar-refractivity contribution is -0.137. The summed E-state index contributed by atoms with van der Waals surface area (Å²) in [5.74, 6) is 0.576. The van der Waals surface area contributed by atoms with E-state index in [1.165, 1.54) is 5.56 Å². The van der Waals surface area contributed by atoms with Crippen LogP contribution in [0.1, 0.15) is 30.7 Å². The first-order valence-corrected chi connectivity index (χ1v) is 9.16. The van der Waals surface area contributed by atoms with E-state index in [2.05, 4.69) is 26.9 Å². The van der Waals surface area contributed by atoms with Crippen molar-refractivity contribution < 1.29 is 14.4 Å². The molecule has 7 heteroatoms. The van der Waals surface area contributed by atoms with Crippen LogP contribution in [0.5, 0.6) is 0 Å². The Balaban J connectivity index is 1.42. The molecule has 26 heavy (non-hydrogen) atoms. The fourth-order valence-corrected chi connectivity index (χ4v) is 3.11. The van der Waals surface area contributed by atoms with Crippen LogP contribution < -0.4 is 0 Å². The molecule has 0 aliphatic carbocycles. The molecular formula is C19H26N4O3. The highest BCUT2D eigenvalue weighted by atomic mass is 16.5. The second-order valence-electron chi connectivity index (χ2n) is 6.85. The topological polar surface area (TPSA) is 82.7 Å². The molecule has 3 rings (SSSR count). The predicted octanol–water partition coefficient (Wildman–Crippen LogP) is 2.42. The zero-order chi connectivity index (χ0) is 18.4. The van der Waals surface area contributed by atoms with Crippen molar-refractivity contribution in [2.45, 2.75) is 32.7 Å². The second kappa shape index (κ2) is 8.91. The van der Waals surface area contributed by atoms with Crippen molar-refractivity contribution in [3.05, 3.63) is 35.7 Å². The standard InChI is InChI=1S/C19H26N4O3/c1-15-5-7-16(8-6-15)19-20-17(26-21-19)14-23-12-10-22(11-13-23)9-3-2-4-18(24)25/h5-8H,2-4,9-14H2,1H3,(H,24,25). The Labute approximate surface area is 153 Å². The average Bonchev–Trinajstić information content (AvgIpc) is 3.09. The Morgan fingerprint density at radius 2 is 1.81 bits per heavy atom. The SMILES string of the molecule is Cc1ccc(-c2noc(CN3CCN(CCCCC(=O)O)CC3)n2)cc1. The first-order chi connectivity index (χ1) is 12.6. The number of carboxylic acids is 1. The van der Waals surface area contributed by atoms with Crippen LogP contribution >= 0.6 is 0 Å². The van der Waals surface area contributed by atoms with Gasteiger partial charge in [0.1, 0.15) is 0 Å². The summed E-state index contributed by atoms with van der Waals surface area (Å²) in [6.45, 7) is 7.60. The van der Waals surface area contributed by atoms with Gasteiger partial charge in [-0.1, -0.05) is 35.0 Å². The number of aryl methyl sites for hydroxylation is 1. The number of carboxylic acid groups (broad SMARTS) is 1. The van der Waals surface area contributed by atoms with E-state index in [9.17, 15) is 4.79 Å². The van der Waals surface area contributed by atoms with E-state index >= 15 is 0 Å². The molecule has 0 radical (unpaired) electrons. The molecule has 0 saturated carbocycles. The van der Waals surface area contributed by atoms with Gasteiger partial charge in [0, 0.05) is 38.2 Å². The minimum absolute atomic E-state index is 0.264. The number of benzene rings is 1. The number of hydrogen-bond donors (Lipinski definition) is 1. The summed E-state index contributed by atoms with van der Waals surface area (Å²) in [5.41, 5.74) is 2.18.